The van der Waals surface area contributed by atoms with Crippen LogP contribution in [0, 0.1) is 13.8 Å². The van der Waals surface area contributed by atoms with Crippen LogP contribution in [0.4, 0.5) is 11.4 Å². The zero-order chi connectivity index (χ0) is 22.4. The van der Waals surface area contributed by atoms with Crippen LogP contribution in [0.25, 0.3) is 0 Å². The molecule has 0 aliphatic heterocycles. The molecule has 2 aromatic carbocycles. The number of amides is 2. The summed E-state index contributed by atoms with van der Waals surface area (Å²) in [7, 11) is 1.58. The van der Waals surface area contributed by atoms with Gasteiger partial charge in [0, 0.05) is 22.1 Å². The molecule has 0 saturated heterocycles. The lowest BCUT2D eigenvalue weighted by Gasteiger charge is -2.13. The Labute approximate surface area is 190 Å². The lowest BCUT2D eigenvalue weighted by molar-refractivity contribution is -0.113. The molecule has 3 aromatic rings. The number of anilines is 2. The summed E-state index contributed by atoms with van der Waals surface area (Å²) in [6.07, 6.45) is 0. The number of ether oxygens (including phenoxy) is 1. The summed E-state index contributed by atoms with van der Waals surface area (Å²) < 4.78 is 5.14. The molecule has 0 unspecified atom stereocenters. The predicted octanol–water partition coefficient (Wildman–Crippen LogP) is 5.34. The Bertz CT molecular complexity index is 1090. The standard InChI is InChI=1S/C23H22ClN3O3S/c1-14-12-15(2)25-23(31-13-20(28)26-17-6-4-16(24)5-7-17)21(14)22(29)27-18-8-10-19(30-3)11-9-18/h4-12H,13H2,1-3H3,(H,26,28)(H,27,29). The van der Waals surface area contributed by atoms with Crippen molar-refractivity contribution in [3.63, 3.8) is 0 Å². The van der Waals surface area contributed by atoms with E-state index in [1.807, 2.05) is 19.9 Å². The first-order chi connectivity index (χ1) is 14.9. The van der Waals surface area contributed by atoms with Crippen LogP contribution in [0.1, 0.15) is 21.6 Å². The van der Waals surface area contributed by atoms with Gasteiger partial charge >= 0.3 is 0 Å². The monoisotopic (exact) mass is 455 g/mol. The molecule has 0 bridgehead atoms. The van der Waals surface area contributed by atoms with Gasteiger partial charge in [0.15, 0.2) is 0 Å². The number of benzene rings is 2. The third-order valence-corrected chi connectivity index (χ3v) is 5.58. The van der Waals surface area contributed by atoms with Crippen molar-refractivity contribution in [1.29, 1.82) is 0 Å². The van der Waals surface area contributed by atoms with Gasteiger partial charge in [0.2, 0.25) is 5.91 Å². The quantitative estimate of drug-likeness (QED) is 0.470. The van der Waals surface area contributed by atoms with Gasteiger partial charge in [-0.15, -0.1) is 0 Å². The highest BCUT2D eigenvalue weighted by atomic mass is 35.5. The number of carbonyl (C=O) groups is 2. The number of carbonyl (C=O) groups excluding carboxylic acids is 2. The van der Waals surface area contributed by atoms with Crippen LogP contribution in [0.15, 0.2) is 59.6 Å². The molecule has 0 aliphatic carbocycles. The highest BCUT2D eigenvalue weighted by molar-refractivity contribution is 8.00. The van der Waals surface area contributed by atoms with E-state index in [9.17, 15) is 9.59 Å². The van der Waals surface area contributed by atoms with Crippen LogP contribution in [0.3, 0.4) is 0 Å². The largest absolute Gasteiger partial charge is 0.497 e. The number of nitrogens with zero attached hydrogens (tertiary/aromatic N) is 1. The Balaban J connectivity index is 1.73. The maximum absolute atomic E-state index is 13.0. The molecule has 0 saturated carbocycles. The Kier molecular flexibility index (Phi) is 7.55. The summed E-state index contributed by atoms with van der Waals surface area (Å²) in [5.41, 5.74) is 3.31. The molecule has 0 atom stereocenters. The lowest BCUT2D eigenvalue weighted by atomic mass is 10.1. The van der Waals surface area contributed by atoms with Crippen LogP contribution in [0.5, 0.6) is 5.75 Å². The smallest absolute Gasteiger partial charge is 0.258 e. The van der Waals surface area contributed by atoms with Gasteiger partial charge in [-0.2, -0.15) is 0 Å². The molecule has 31 heavy (non-hydrogen) atoms. The average Bonchev–Trinajstić information content (AvgIpc) is 2.74. The first-order valence-electron chi connectivity index (χ1n) is 9.47. The van der Waals surface area contributed by atoms with Gasteiger partial charge in [0.25, 0.3) is 5.91 Å². The minimum absolute atomic E-state index is 0.112. The fourth-order valence-corrected chi connectivity index (χ4v) is 3.99. The van der Waals surface area contributed by atoms with Crippen molar-refractivity contribution >= 4 is 46.6 Å². The Morgan fingerprint density at radius 1 is 1.00 bits per heavy atom. The Morgan fingerprint density at radius 2 is 1.61 bits per heavy atom. The van der Waals surface area contributed by atoms with Gasteiger partial charge in [0.1, 0.15) is 10.8 Å². The normalized spacial score (nSPS) is 10.5. The number of thioether (sulfide) groups is 1. The maximum atomic E-state index is 13.0. The Hall–Kier alpha value is -3.03. The summed E-state index contributed by atoms with van der Waals surface area (Å²) in [4.78, 5) is 29.8. The lowest BCUT2D eigenvalue weighted by Crippen LogP contribution is -2.18. The van der Waals surface area contributed by atoms with Crippen molar-refractivity contribution in [3.05, 3.63) is 76.4 Å². The van der Waals surface area contributed by atoms with E-state index in [2.05, 4.69) is 15.6 Å². The molecule has 8 heteroatoms. The molecule has 6 nitrogen and oxygen atoms in total. The number of pyridine rings is 1. The summed E-state index contributed by atoms with van der Waals surface area (Å²) in [5.74, 6) is 0.334. The van der Waals surface area contributed by atoms with Gasteiger partial charge in [-0.3, -0.25) is 9.59 Å². The maximum Gasteiger partial charge on any atom is 0.258 e. The molecular weight excluding hydrogens is 434 g/mol. The van der Waals surface area contributed by atoms with E-state index in [1.165, 1.54) is 11.8 Å². The SMILES string of the molecule is COc1ccc(NC(=O)c2c(C)cc(C)nc2SCC(=O)Nc2ccc(Cl)cc2)cc1. The number of rotatable bonds is 7. The van der Waals surface area contributed by atoms with Crippen LogP contribution < -0.4 is 15.4 Å². The van der Waals surface area contributed by atoms with Crippen LogP contribution in [-0.2, 0) is 4.79 Å². The van der Waals surface area contributed by atoms with Crippen molar-refractivity contribution < 1.29 is 14.3 Å². The van der Waals surface area contributed by atoms with E-state index < -0.39 is 0 Å². The molecule has 0 spiro atoms. The number of aryl methyl sites for hydroxylation is 2. The average molecular weight is 456 g/mol. The zero-order valence-electron chi connectivity index (χ0n) is 17.4. The number of hydrogen-bond acceptors (Lipinski definition) is 5. The molecule has 0 fully saturated rings. The van der Waals surface area contributed by atoms with Crippen LogP contribution >= 0.6 is 23.4 Å². The molecule has 1 heterocycles. The van der Waals surface area contributed by atoms with Crippen LogP contribution in [-0.4, -0.2) is 29.7 Å². The van der Waals surface area contributed by atoms with Crippen molar-refractivity contribution in [2.75, 3.05) is 23.5 Å². The highest BCUT2D eigenvalue weighted by Gasteiger charge is 2.18. The second kappa shape index (κ2) is 10.3. The fraction of sp³-hybridized carbons (Fsp3) is 0.174. The highest BCUT2D eigenvalue weighted by Crippen LogP contribution is 2.26. The molecule has 2 N–H and O–H groups in total. The first-order valence-corrected chi connectivity index (χ1v) is 10.8. The number of aromatic nitrogens is 1. The van der Waals surface area contributed by atoms with Crippen molar-refractivity contribution in [1.82, 2.24) is 4.98 Å². The molecule has 160 valence electrons. The third-order valence-electron chi connectivity index (χ3n) is 4.35. The van der Waals surface area contributed by atoms with E-state index in [-0.39, 0.29) is 17.6 Å². The summed E-state index contributed by atoms with van der Waals surface area (Å²) in [5, 5.41) is 6.80. The first kappa shape index (κ1) is 22.7. The summed E-state index contributed by atoms with van der Waals surface area (Å²) in [6.45, 7) is 3.71. The van der Waals surface area contributed by atoms with Crippen molar-refractivity contribution in [2.45, 2.75) is 18.9 Å². The second-order valence-corrected chi connectivity index (χ2v) is 8.19. The molecule has 3 rings (SSSR count). The topological polar surface area (TPSA) is 80.3 Å². The molecular formula is C23H22ClN3O3S. The van der Waals surface area contributed by atoms with Gasteiger partial charge in [-0.1, -0.05) is 23.4 Å². The van der Waals surface area contributed by atoms with Gasteiger partial charge in [0.05, 0.1) is 18.4 Å². The van der Waals surface area contributed by atoms with Crippen molar-refractivity contribution in [3.8, 4) is 5.75 Å². The van der Waals surface area contributed by atoms with E-state index >= 15 is 0 Å². The number of halogens is 1. The van der Waals surface area contributed by atoms with Gasteiger partial charge < -0.3 is 15.4 Å². The summed E-state index contributed by atoms with van der Waals surface area (Å²) in [6, 6.07) is 15.8. The van der Waals surface area contributed by atoms with Gasteiger partial charge in [-0.05, 0) is 74.0 Å². The van der Waals surface area contributed by atoms with E-state index in [1.54, 1.807) is 55.6 Å². The number of methoxy groups -OCH3 is 1. The van der Waals surface area contributed by atoms with Crippen molar-refractivity contribution in [2.24, 2.45) is 0 Å². The number of hydrogen-bond donors (Lipinski definition) is 2. The molecule has 1 aromatic heterocycles. The summed E-state index contributed by atoms with van der Waals surface area (Å²) >= 11 is 7.09. The molecule has 0 aliphatic rings. The Morgan fingerprint density at radius 3 is 2.26 bits per heavy atom. The fourth-order valence-electron chi connectivity index (χ4n) is 2.92. The second-order valence-electron chi connectivity index (χ2n) is 6.79. The zero-order valence-corrected chi connectivity index (χ0v) is 18.9. The number of nitrogens with one attached hydrogen (secondary N) is 2. The van der Waals surface area contributed by atoms with Crippen LogP contribution in [0.2, 0.25) is 5.02 Å². The minimum Gasteiger partial charge on any atom is -0.497 e. The van der Waals surface area contributed by atoms with E-state index in [0.717, 1.165) is 11.3 Å². The third kappa shape index (κ3) is 6.23. The minimum atomic E-state index is -0.282. The molecule has 0 radical (unpaired) electrons. The van der Waals surface area contributed by atoms with E-state index in [0.29, 0.717) is 32.7 Å². The van der Waals surface area contributed by atoms with E-state index in [4.69, 9.17) is 16.3 Å². The molecule has 2 amide bonds. The van der Waals surface area contributed by atoms with Gasteiger partial charge in [-0.25, -0.2) is 4.98 Å². The predicted molar refractivity (Wildman–Crippen MR) is 125 cm³/mol.